The third-order valence-corrected chi connectivity index (χ3v) is 3.99. The number of fused-ring (bicyclic) bond motifs is 1. The van der Waals surface area contributed by atoms with Crippen LogP contribution in [0.1, 0.15) is 11.1 Å². The highest BCUT2D eigenvalue weighted by molar-refractivity contribution is 7.08. The van der Waals surface area contributed by atoms with Crippen molar-refractivity contribution in [2.24, 2.45) is 0 Å². The average Bonchev–Trinajstić information content (AvgIpc) is 2.95. The molecular formula is C15H14BNOS. The van der Waals surface area contributed by atoms with E-state index in [2.05, 4.69) is 24.1 Å². The van der Waals surface area contributed by atoms with Gasteiger partial charge in [-0.3, -0.25) is 0 Å². The molecule has 94 valence electrons. The van der Waals surface area contributed by atoms with Crippen LogP contribution in [-0.4, -0.2) is 18.6 Å². The molecule has 1 aromatic heterocycles. The van der Waals surface area contributed by atoms with Gasteiger partial charge >= 0.3 is 7.05 Å². The molecular weight excluding hydrogens is 253 g/mol. The quantitative estimate of drug-likeness (QED) is 0.681. The number of hydrogen-bond acceptors (Lipinski definition) is 3. The maximum Gasteiger partial charge on any atom is 0.450 e. The zero-order chi connectivity index (χ0) is 13.2. The summed E-state index contributed by atoms with van der Waals surface area (Å²) in [7, 11) is -0.623. The van der Waals surface area contributed by atoms with E-state index in [1.807, 2.05) is 40.5 Å². The molecule has 1 aliphatic heterocycles. The van der Waals surface area contributed by atoms with Crippen LogP contribution in [0.2, 0.25) is 0 Å². The first kappa shape index (κ1) is 12.3. The fourth-order valence-electron chi connectivity index (χ4n) is 2.41. The summed E-state index contributed by atoms with van der Waals surface area (Å²) in [4.78, 5) is 1.97. The molecule has 0 saturated heterocycles. The summed E-state index contributed by atoms with van der Waals surface area (Å²) in [6, 6.07) is 10.2. The number of nitrogens with zero attached hydrogens (tertiary/aromatic N) is 1. The number of benzene rings is 1. The molecule has 4 heteroatoms. The lowest BCUT2D eigenvalue weighted by molar-refractivity contribution is 0.580. The van der Waals surface area contributed by atoms with Gasteiger partial charge in [-0.15, -0.1) is 6.58 Å². The summed E-state index contributed by atoms with van der Waals surface area (Å²) in [5, 5.41) is 14.7. The lowest BCUT2D eigenvalue weighted by Crippen LogP contribution is -2.43. The minimum atomic E-state index is -0.623. The largest absolute Gasteiger partial charge is 0.450 e. The van der Waals surface area contributed by atoms with E-state index in [1.54, 1.807) is 11.3 Å². The van der Waals surface area contributed by atoms with E-state index in [1.165, 1.54) is 0 Å². The van der Waals surface area contributed by atoms with Crippen molar-refractivity contribution in [3.8, 4) is 0 Å². The minimum Gasteiger partial charge on any atom is -0.428 e. The Labute approximate surface area is 117 Å². The van der Waals surface area contributed by atoms with Crippen molar-refractivity contribution in [1.82, 2.24) is 0 Å². The van der Waals surface area contributed by atoms with Crippen LogP contribution in [0, 0.1) is 0 Å². The number of rotatable bonds is 3. The summed E-state index contributed by atoms with van der Waals surface area (Å²) in [6.07, 6.45) is 3.89. The van der Waals surface area contributed by atoms with Crippen LogP contribution in [-0.2, 0) is 0 Å². The first-order valence-electron chi connectivity index (χ1n) is 6.20. The molecule has 0 unspecified atom stereocenters. The lowest BCUT2D eigenvalue weighted by atomic mass is 9.65. The van der Waals surface area contributed by atoms with E-state index in [9.17, 15) is 5.02 Å². The molecule has 1 N–H and O–H groups in total. The SMILES string of the molecule is C=CCN1B(O)C(c2ccsc2)=Cc2ccccc21. The number of anilines is 1. The van der Waals surface area contributed by atoms with Crippen molar-refractivity contribution in [3.05, 3.63) is 64.9 Å². The molecule has 1 aromatic carbocycles. The molecule has 0 atom stereocenters. The Morgan fingerprint density at radius 3 is 2.89 bits per heavy atom. The van der Waals surface area contributed by atoms with Gasteiger partial charge in [0.15, 0.2) is 0 Å². The van der Waals surface area contributed by atoms with Gasteiger partial charge in [0.25, 0.3) is 0 Å². The zero-order valence-electron chi connectivity index (χ0n) is 10.5. The van der Waals surface area contributed by atoms with Gasteiger partial charge in [0.1, 0.15) is 0 Å². The van der Waals surface area contributed by atoms with Crippen LogP contribution in [0.15, 0.2) is 53.7 Å². The Morgan fingerprint density at radius 1 is 1.32 bits per heavy atom. The van der Waals surface area contributed by atoms with E-state index in [0.717, 1.165) is 22.3 Å². The summed E-state index contributed by atoms with van der Waals surface area (Å²) >= 11 is 1.64. The Morgan fingerprint density at radius 2 is 2.16 bits per heavy atom. The monoisotopic (exact) mass is 267 g/mol. The predicted molar refractivity (Wildman–Crippen MR) is 84.1 cm³/mol. The predicted octanol–water partition coefficient (Wildman–Crippen LogP) is 3.31. The Hall–Kier alpha value is -1.78. The second-order valence-electron chi connectivity index (χ2n) is 4.49. The van der Waals surface area contributed by atoms with Crippen LogP contribution in [0.3, 0.4) is 0 Å². The van der Waals surface area contributed by atoms with Crippen molar-refractivity contribution in [3.63, 3.8) is 0 Å². The molecule has 0 spiro atoms. The van der Waals surface area contributed by atoms with Crippen LogP contribution in [0.4, 0.5) is 5.69 Å². The topological polar surface area (TPSA) is 23.5 Å². The highest BCUT2D eigenvalue weighted by Crippen LogP contribution is 2.34. The van der Waals surface area contributed by atoms with Gasteiger partial charge in [-0.1, -0.05) is 30.4 Å². The molecule has 1 aliphatic rings. The second kappa shape index (κ2) is 5.07. The van der Waals surface area contributed by atoms with Crippen molar-refractivity contribution >= 4 is 35.6 Å². The fourth-order valence-corrected chi connectivity index (χ4v) is 3.08. The standard InChI is InChI=1S/C15H14BNOS/c1-2-8-17-15-6-4-3-5-12(15)10-14(16(17)18)13-7-9-19-11-13/h2-7,9-11,18H,1,8H2. The molecule has 3 rings (SSSR count). The highest BCUT2D eigenvalue weighted by Gasteiger charge is 2.32. The smallest absolute Gasteiger partial charge is 0.428 e. The first-order chi connectivity index (χ1) is 9.31. The number of hydrogen-bond donors (Lipinski definition) is 1. The molecule has 2 nitrogen and oxygen atoms in total. The fraction of sp³-hybridized carbons (Fsp3) is 0.0667. The number of thiophene rings is 1. The highest BCUT2D eigenvalue weighted by atomic mass is 32.1. The van der Waals surface area contributed by atoms with Crippen molar-refractivity contribution in [2.45, 2.75) is 0 Å². The summed E-state index contributed by atoms with van der Waals surface area (Å²) in [6.45, 7) is 4.40. The van der Waals surface area contributed by atoms with Gasteiger partial charge in [0.05, 0.1) is 0 Å². The minimum absolute atomic E-state index is 0.623. The number of para-hydroxylation sites is 1. The summed E-state index contributed by atoms with van der Waals surface area (Å²) in [5.41, 5.74) is 4.22. The van der Waals surface area contributed by atoms with Crippen LogP contribution < -0.4 is 4.81 Å². The molecule has 2 aromatic rings. The normalized spacial score (nSPS) is 14.1. The van der Waals surface area contributed by atoms with Crippen molar-refractivity contribution in [1.29, 1.82) is 0 Å². The summed E-state index contributed by atoms with van der Waals surface area (Å²) < 4.78 is 0. The molecule has 0 saturated carbocycles. The lowest BCUT2D eigenvalue weighted by Gasteiger charge is -2.32. The molecule has 0 aliphatic carbocycles. The van der Waals surface area contributed by atoms with Crippen LogP contribution in [0.25, 0.3) is 11.5 Å². The van der Waals surface area contributed by atoms with Crippen molar-refractivity contribution < 1.29 is 5.02 Å². The van der Waals surface area contributed by atoms with E-state index < -0.39 is 7.05 Å². The van der Waals surface area contributed by atoms with Gasteiger partial charge in [-0.05, 0) is 39.5 Å². The van der Waals surface area contributed by atoms with E-state index in [-0.39, 0.29) is 0 Å². The third kappa shape index (κ3) is 2.13. The van der Waals surface area contributed by atoms with E-state index >= 15 is 0 Å². The van der Waals surface area contributed by atoms with E-state index in [0.29, 0.717) is 6.54 Å². The molecule has 19 heavy (non-hydrogen) atoms. The first-order valence-corrected chi connectivity index (χ1v) is 7.14. The van der Waals surface area contributed by atoms with E-state index in [4.69, 9.17) is 0 Å². The Balaban J connectivity index is 2.12. The van der Waals surface area contributed by atoms with Gasteiger partial charge in [-0.2, -0.15) is 11.3 Å². The van der Waals surface area contributed by atoms with Crippen molar-refractivity contribution in [2.75, 3.05) is 11.4 Å². The van der Waals surface area contributed by atoms with Gasteiger partial charge in [0.2, 0.25) is 0 Å². The summed E-state index contributed by atoms with van der Waals surface area (Å²) in [5.74, 6) is 0. The second-order valence-corrected chi connectivity index (χ2v) is 5.27. The molecule has 0 amide bonds. The van der Waals surface area contributed by atoms with Crippen LogP contribution >= 0.6 is 11.3 Å². The Bertz CT molecular complexity index is 621. The van der Waals surface area contributed by atoms with Crippen LogP contribution in [0.5, 0.6) is 0 Å². The molecule has 0 fully saturated rings. The maximum atomic E-state index is 10.6. The van der Waals surface area contributed by atoms with Gasteiger partial charge < -0.3 is 9.83 Å². The third-order valence-electron chi connectivity index (χ3n) is 3.31. The zero-order valence-corrected chi connectivity index (χ0v) is 11.3. The Kier molecular flexibility index (Phi) is 3.28. The van der Waals surface area contributed by atoms with Gasteiger partial charge in [0, 0.05) is 12.2 Å². The van der Waals surface area contributed by atoms with Gasteiger partial charge in [-0.25, -0.2) is 0 Å². The molecule has 0 bridgehead atoms. The average molecular weight is 267 g/mol. The molecule has 0 radical (unpaired) electrons. The molecule has 2 heterocycles. The maximum absolute atomic E-state index is 10.6.